The van der Waals surface area contributed by atoms with E-state index < -0.39 is 0 Å². The van der Waals surface area contributed by atoms with Crippen LogP contribution in [-0.4, -0.2) is 33.4 Å². The van der Waals surface area contributed by atoms with Gasteiger partial charge < -0.3 is 21.3 Å². The fourth-order valence-electron chi connectivity index (χ4n) is 4.84. The first-order valence-corrected chi connectivity index (χ1v) is 12.8. The summed E-state index contributed by atoms with van der Waals surface area (Å²) in [6.45, 7) is 8.20. The molecular weight excluding hydrogens is 450 g/mol. The number of benzene rings is 1. The number of hydrogen-bond acceptors (Lipinski definition) is 7. The van der Waals surface area contributed by atoms with Gasteiger partial charge in [-0.3, -0.25) is 4.79 Å². The van der Waals surface area contributed by atoms with Crippen molar-refractivity contribution < 1.29 is 4.79 Å². The Balaban J connectivity index is 1.29. The van der Waals surface area contributed by atoms with Crippen molar-refractivity contribution in [2.75, 3.05) is 17.2 Å². The highest BCUT2D eigenvalue weighted by atomic mass is 16.1. The highest BCUT2D eigenvalue weighted by molar-refractivity contribution is 6.00. The van der Waals surface area contributed by atoms with Crippen LogP contribution < -0.4 is 21.3 Å². The predicted octanol–water partition coefficient (Wildman–Crippen LogP) is 4.68. The van der Waals surface area contributed by atoms with Gasteiger partial charge in [-0.15, -0.1) is 0 Å². The lowest BCUT2D eigenvalue weighted by molar-refractivity contribution is 0.0951. The van der Waals surface area contributed by atoms with E-state index in [1.165, 1.54) is 24.0 Å². The van der Waals surface area contributed by atoms with E-state index in [4.69, 9.17) is 4.98 Å². The average molecular weight is 484 g/mol. The molecule has 4 N–H and O–H groups in total. The van der Waals surface area contributed by atoms with Crippen LogP contribution in [0.25, 0.3) is 0 Å². The van der Waals surface area contributed by atoms with Crippen LogP contribution in [0.15, 0.2) is 42.7 Å². The van der Waals surface area contributed by atoms with Gasteiger partial charge in [0.15, 0.2) is 0 Å². The Morgan fingerprint density at radius 2 is 1.89 bits per heavy atom. The third kappa shape index (κ3) is 4.65. The van der Waals surface area contributed by atoms with Crippen molar-refractivity contribution >= 4 is 28.9 Å². The van der Waals surface area contributed by atoms with Gasteiger partial charge in [-0.2, -0.15) is 0 Å². The molecule has 2 fully saturated rings. The van der Waals surface area contributed by atoms with E-state index in [1.807, 2.05) is 12.1 Å². The van der Waals surface area contributed by atoms with E-state index in [-0.39, 0.29) is 17.4 Å². The van der Waals surface area contributed by atoms with Crippen LogP contribution in [0.2, 0.25) is 0 Å². The van der Waals surface area contributed by atoms with E-state index >= 15 is 0 Å². The van der Waals surface area contributed by atoms with Crippen LogP contribution >= 0.6 is 0 Å². The second-order valence-corrected chi connectivity index (χ2v) is 11.4. The summed E-state index contributed by atoms with van der Waals surface area (Å²) >= 11 is 0. The number of pyridine rings is 1. The standard InChI is InChI=1S/C28H33N7O/c1-27(2,3)26-30-11-8-23(35-26)34-22-13-24(31-15-20(22)25(36)33-18-4-5-18)32-19-6-7-21-17(12-19)14-29-16-28(21)9-10-28/h6-8,11-13,15,18,29H,4-5,9-10,14,16H2,1-3H3,(H,33,36)(H2,30,31,32,34,35). The monoisotopic (exact) mass is 483 g/mol. The molecule has 36 heavy (non-hydrogen) atoms. The van der Waals surface area contributed by atoms with Gasteiger partial charge in [0.1, 0.15) is 17.5 Å². The molecule has 186 valence electrons. The third-order valence-electron chi connectivity index (χ3n) is 7.23. The van der Waals surface area contributed by atoms with E-state index in [0.717, 1.165) is 37.4 Å². The average Bonchev–Trinajstić information content (AvgIpc) is 3.78. The Hall–Kier alpha value is -3.52. The minimum absolute atomic E-state index is 0.126. The van der Waals surface area contributed by atoms with Crippen LogP contribution in [0.4, 0.5) is 23.0 Å². The summed E-state index contributed by atoms with van der Waals surface area (Å²) in [5.41, 5.74) is 5.12. The van der Waals surface area contributed by atoms with E-state index in [1.54, 1.807) is 12.4 Å². The molecule has 8 heteroatoms. The highest BCUT2D eigenvalue weighted by Crippen LogP contribution is 2.50. The number of nitrogens with zero attached hydrogens (tertiary/aromatic N) is 3. The van der Waals surface area contributed by atoms with Gasteiger partial charge >= 0.3 is 0 Å². The summed E-state index contributed by atoms with van der Waals surface area (Å²) in [7, 11) is 0. The van der Waals surface area contributed by atoms with Crippen LogP contribution in [-0.2, 0) is 17.4 Å². The van der Waals surface area contributed by atoms with Crippen LogP contribution in [0.1, 0.15) is 73.8 Å². The Morgan fingerprint density at radius 1 is 1.06 bits per heavy atom. The van der Waals surface area contributed by atoms with Gasteiger partial charge in [0.05, 0.1) is 11.3 Å². The van der Waals surface area contributed by atoms with Crippen molar-refractivity contribution in [1.82, 2.24) is 25.6 Å². The SMILES string of the molecule is CC(C)(C)c1nccc(Nc2cc(Nc3ccc4c(c3)CNCC43CC3)ncc2C(=O)NC2CC2)n1. The number of aromatic nitrogens is 3. The number of carbonyl (C=O) groups excluding carboxylic acids is 1. The third-order valence-corrected chi connectivity index (χ3v) is 7.23. The maximum Gasteiger partial charge on any atom is 0.255 e. The van der Waals surface area contributed by atoms with E-state index in [0.29, 0.717) is 28.3 Å². The van der Waals surface area contributed by atoms with Crippen molar-refractivity contribution in [2.45, 2.75) is 69.9 Å². The molecule has 2 aromatic heterocycles. The smallest absolute Gasteiger partial charge is 0.255 e. The lowest BCUT2D eigenvalue weighted by Crippen LogP contribution is -2.33. The molecule has 0 unspecified atom stereocenters. The first-order valence-electron chi connectivity index (χ1n) is 12.8. The van der Waals surface area contributed by atoms with Crippen molar-refractivity contribution in [3.63, 3.8) is 0 Å². The Bertz CT molecular complexity index is 1320. The van der Waals surface area contributed by atoms with Crippen molar-refractivity contribution in [2.24, 2.45) is 0 Å². The molecule has 0 bridgehead atoms. The summed E-state index contributed by atoms with van der Waals surface area (Å²) in [5.74, 6) is 1.91. The molecule has 0 atom stereocenters. The lowest BCUT2D eigenvalue weighted by Gasteiger charge is -2.26. The van der Waals surface area contributed by atoms with Gasteiger partial charge in [0, 0.05) is 54.1 Å². The van der Waals surface area contributed by atoms with Crippen LogP contribution in [0.5, 0.6) is 0 Å². The molecule has 1 aromatic carbocycles. The van der Waals surface area contributed by atoms with E-state index in [9.17, 15) is 4.79 Å². The number of anilines is 4. The molecule has 0 radical (unpaired) electrons. The zero-order chi connectivity index (χ0) is 24.9. The summed E-state index contributed by atoms with van der Waals surface area (Å²) in [5, 5.41) is 13.4. The van der Waals surface area contributed by atoms with Crippen molar-refractivity contribution in [3.8, 4) is 0 Å². The van der Waals surface area contributed by atoms with Gasteiger partial charge in [0.25, 0.3) is 5.91 Å². The first-order chi connectivity index (χ1) is 17.3. The Morgan fingerprint density at radius 3 is 2.64 bits per heavy atom. The number of nitrogens with one attached hydrogen (secondary N) is 4. The molecule has 1 aliphatic heterocycles. The molecule has 3 aromatic rings. The molecule has 0 saturated heterocycles. The predicted molar refractivity (Wildman–Crippen MR) is 141 cm³/mol. The highest BCUT2D eigenvalue weighted by Gasteiger charge is 2.46. The molecule has 1 spiro atoms. The second-order valence-electron chi connectivity index (χ2n) is 11.4. The van der Waals surface area contributed by atoms with Crippen molar-refractivity contribution in [1.29, 1.82) is 0 Å². The topological polar surface area (TPSA) is 104 Å². The number of amides is 1. The molecule has 1 amide bonds. The first kappa shape index (κ1) is 22.9. The fraction of sp³-hybridized carbons (Fsp3) is 0.429. The Kier molecular flexibility index (Phi) is 5.44. The Labute approximate surface area is 211 Å². The minimum atomic E-state index is -0.185. The van der Waals surface area contributed by atoms with Crippen LogP contribution in [0.3, 0.4) is 0 Å². The van der Waals surface area contributed by atoms with Gasteiger partial charge in [0.2, 0.25) is 0 Å². The minimum Gasteiger partial charge on any atom is -0.349 e. The van der Waals surface area contributed by atoms with Gasteiger partial charge in [-0.25, -0.2) is 15.0 Å². The molecule has 6 rings (SSSR count). The fourth-order valence-corrected chi connectivity index (χ4v) is 4.84. The zero-order valence-corrected chi connectivity index (χ0v) is 21.1. The summed E-state index contributed by atoms with van der Waals surface area (Å²) in [6, 6.07) is 10.6. The normalized spacial score (nSPS) is 17.9. The molecular formula is C28H33N7O. The van der Waals surface area contributed by atoms with Crippen molar-refractivity contribution in [3.05, 3.63) is 65.2 Å². The summed E-state index contributed by atoms with van der Waals surface area (Å²) in [6.07, 6.45) is 7.95. The van der Waals surface area contributed by atoms with E-state index in [2.05, 4.69) is 70.2 Å². The van der Waals surface area contributed by atoms with Gasteiger partial charge in [-0.1, -0.05) is 26.8 Å². The number of fused-ring (bicyclic) bond motifs is 2. The maximum absolute atomic E-state index is 13.0. The molecule has 8 nitrogen and oxygen atoms in total. The number of rotatable bonds is 6. The largest absolute Gasteiger partial charge is 0.349 e. The molecule has 3 aliphatic rings. The maximum atomic E-state index is 13.0. The molecule has 2 saturated carbocycles. The molecule has 2 aliphatic carbocycles. The number of hydrogen-bond donors (Lipinski definition) is 4. The lowest BCUT2D eigenvalue weighted by atomic mass is 9.88. The van der Waals surface area contributed by atoms with Crippen LogP contribution in [0, 0.1) is 0 Å². The van der Waals surface area contributed by atoms with Gasteiger partial charge in [-0.05, 0) is 55.0 Å². The quantitative estimate of drug-likeness (QED) is 0.403. The molecule has 3 heterocycles. The summed E-state index contributed by atoms with van der Waals surface area (Å²) < 4.78 is 0. The zero-order valence-electron chi connectivity index (χ0n) is 21.1. The second kappa shape index (κ2) is 8.55. The summed E-state index contributed by atoms with van der Waals surface area (Å²) in [4.78, 5) is 26.7. The number of carbonyl (C=O) groups is 1.